The maximum atomic E-state index is 12.1. The normalized spacial score (nSPS) is 12.3. The van der Waals surface area contributed by atoms with Crippen molar-refractivity contribution in [1.29, 1.82) is 0 Å². The third-order valence-corrected chi connectivity index (χ3v) is 2.57. The van der Waals surface area contributed by atoms with Crippen molar-refractivity contribution in [2.75, 3.05) is 11.9 Å². The molecule has 1 atom stereocenters. The van der Waals surface area contributed by atoms with Crippen molar-refractivity contribution >= 4 is 11.7 Å². The smallest absolute Gasteiger partial charge is 0.293 e. The second kappa shape index (κ2) is 6.92. The van der Waals surface area contributed by atoms with Crippen molar-refractivity contribution in [2.45, 2.75) is 40.3 Å². The Morgan fingerprint density at radius 3 is 2.68 bits per heavy atom. The zero-order chi connectivity index (χ0) is 14.4. The summed E-state index contributed by atoms with van der Waals surface area (Å²) < 4.78 is 1.60. The van der Waals surface area contributed by atoms with Gasteiger partial charge in [-0.2, -0.15) is 0 Å². The predicted octanol–water partition coefficient (Wildman–Crippen LogP) is 0.836. The van der Waals surface area contributed by atoms with Crippen molar-refractivity contribution in [3.63, 3.8) is 0 Å². The molecule has 6 nitrogen and oxygen atoms in total. The summed E-state index contributed by atoms with van der Waals surface area (Å²) in [6, 6.07) is -0.491. The van der Waals surface area contributed by atoms with Gasteiger partial charge in [-0.05, 0) is 19.8 Å². The monoisotopic (exact) mass is 266 g/mol. The van der Waals surface area contributed by atoms with Crippen molar-refractivity contribution in [3.05, 3.63) is 22.7 Å². The highest BCUT2D eigenvalue weighted by Crippen LogP contribution is 2.00. The molecule has 0 fully saturated rings. The van der Waals surface area contributed by atoms with Crippen LogP contribution in [0.3, 0.4) is 0 Å². The number of aromatic nitrogens is 2. The van der Waals surface area contributed by atoms with Crippen LogP contribution in [0.1, 0.15) is 27.7 Å². The van der Waals surface area contributed by atoms with E-state index >= 15 is 0 Å². The van der Waals surface area contributed by atoms with Gasteiger partial charge in [-0.15, -0.1) is 0 Å². The Bertz CT molecular complexity index is 482. The van der Waals surface area contributed by atoms with E-state index in [-0.39, 0.29) is 17.3 Å². The average molecular weight is 266 g/mol. The summed E-state index contributed by atoms with van der Waals surface area (Å²) >= 11 is 0. The summed E-state index contributed by atoms with van der Waals surface area (Å²) in [7, 11) is 0. The third-order valence-electron chi connectivity index (χ3n) is 2.57. The first-order valence-corrected chi connectivity index (χ1v) is 6.55. The molecule has 0 aromatic carbocycles. The van der Waals surface area contributed by atoms with Gasteiger partial charge in [0.05, 0.1) is 0 Å². The van der Waals surface area contributed by atoms with Crippen LogP contribution in [0.25, 0.3) is 0 Å². The molecule has 0 aliphatic carbocycles. The minimum Gasteiger partial charge on any atom is -0.355 e. The number of hydrogen-bond acceptors (Lipinski definition) is 4. The molecular weight excluding hydrogens is 244 g/mol. The molecule has 0 aliphatic rings. The van der Waals surface area contributed by atoms with Gasteiger partial charge in [-0.3, -0.25) is 9.59 Å². The number of carbonyl (C=O) groups is 1. The van der Waals surface area contributed by atoms with Crippen molar-refractivity contribution < 1.29 is 4.79 Å². The van der Waals surface area contributed by atoms with Crippen LogP contribution in [0.4, 0.5) is 5.82 Å². The minimum atomic E-state index is -0.491. The Balaban J connectivity index is 2.84. The Morgan fingerprint density at radius 1 is 1.42 bits per heavy atom. The molecule has 1 rings (SSSR count). The second-order valence-corrected chi connectivity index (χ2v) is 4.89. The molecule has 19 heavy (non-hydrogen) atoms. The van der Waals surface area contributed by atoms with Crippen molar-refractivity contribution in [1.82, 2.24) is 14.9 Å². The van der Waals surface area contributed by atoms with Gasteiger partial charge < -0.3 is 15.2 Å². The topological polar surface area (TPSA) is 76.0 Å². The lowest BCUT2D eigenvalue weighted by atomic mass is 10.2. The highest BCUT2D eigenvalue weighted by molar-refractivity contribution is 5.83. The number of carbonyl (C=O) groups excluding carboxylic acids is 1. The Kier molecular flexibility index (Phi) is 5.54. The van der Waals surface area contributed by atoms with Gasteiger partial charge in [-0.25, -0.2) is 4.98 Å². The van der Waals surface area contributed by atoms with E-state index in [1.807, 2.05) is 20.8 Å². The van der Waals surface area contributed by atoms with E-state index in [9.17, 15) is 9.59 Å². The average Bonchev–Trinajstić information content (AvgIpc) is 2.34. The van der Waals surface area contributed by atoms with Gasteiger partial charge in [-0.1, -0.05) is 13.8 Å². The van der Waals surface area contributed by atoms with E-state index in [1.54, 1.807) is 23.9 Å². The lowest BCUT2D eigenvalue weighted by molar-refractivity contribution is -0.121. The Hall–Kier alpha value is -1.85. The van der Waals surface area contributed by atoms with Gasteiger partial charge in [0.2, 0.25) is 5.91 Å². The molecule has 6 heteroatoms. The Morgan fingerprint density at radius 2 is 2.11 bits per heavy atom. The molecular formula is C13H22N4O2. The van der Waals surface area contributed by atoms with Crippen molar-refractivity contribution in [3.8, 4) is 0 Å². The van der Waals surface area contributed by atoms with E-state index < -0.39 is 6.04 Å². The fourth-order valence-corrected chi connectivity index (χ4v) is 1.68. The lowest BCUT2D eigenvalue weighted by Gasteiger charge is -2.15. The van der Waals surface area contributed by atoms with Crippen LogP contribution < -0.4 is 16.2 Å². The fourth-order valence-electron chi connectivity index (χ4n) is 1.68. The third kappa shape index (κ3) is 4.39. The van der Waals surface area contributed by atoms with Gasteiger partial charge in [0.1, 0.15) is 6.04 Å². The van der Waals surface area contributed by atoms with Crippen LogP contribution in [0.5, 0.6) is 0 Å². The highest BCUT2D eigenvalue weighted by Gasteiger charge is 2.14. The summed E-state index contributed by atoms with van der Waals surface area (Å²) in [4.78, 5) is 27.7. The lowest BCUT2D eigenvalue weighted by Crippen LogP contribution is -2.39. The SMILES string of the molecule is CCNC(=O)C(C)Nc1nccn(CC(C)C)c1=O. The summed E-state index contributed by atoms with van der Waals surface area (Å²) in [6.45, 7) is 8.82. The van der Waals surface area contributed by atoms with E-state index in [2.05, 4.69) is 15.6 Å². The summed E-state index contributed by atoms with van der Waals surface area (Å²) in [5.74, 6) is 0.429. The van der Waals surface area contributed by atoms with Crippen LogP contribution in [0, 0.1) is 5.92 Å². The highest BCUT2D eigenvalue weighted by atomic mass is 16.2. The summed E-state index contributed by atoms with van der Waals surface area (Å²) in [6.07, 6.45) is 3.22. The molecule has 2 N–H and O–H groups in total. The van der Waals surface area contributed by atoms with Crippen LogP contribution in [-0.4, -0.2) is 28.0 Å². The van der Waals surface area contributed by atoms with E-state index in [0.717, 1.165) is 0 Å². The summed E-state index contributed by atoms with van der Waals surface area (Å²) in [5, 5.41) is 5.55. The van der Waals surface area contributed by atoms with Gasteiger partial charge in [0.25, 0.3) is 5.56 Å². The molecule has 1 amide bonds. The predicted molar refractivity (Wildman–Crippen MR) is 75.1 cm³/mol. The van der Waals surface area contributed by atoms with E-state index in [1.165, 1.54) is 0 Å². The number of anilines is 1. The first-order chi connectivity index (χ1) is 8.95. The number of nitrogens with zero attached hydrogens (tertiary/aromatic N) is 2. The van der Waals surface area contributed by atoms with Crippen LogP contribution in [0.15, 0.2) is 17.2 Å². The molecule has 0 saturated carbocycles. The molecule has 106 valence electrons. The molecule has 0 saturated heterocycles. The quantitative estimate of drug-likeness (QED) is 0.800. The zero-order valence-corrected chi connectivity index (χ0v) is 11.9. The molecule has 1 aromatic rings. The summed E-state index contributed by atoms with van der Waals surface area (Å²) in [5.41, 5.74) is -0.202. The van der Waals surface area contributed by atoms with Gasteiger partial charge >= 0.3 is 0 Å². The number of rotatable bonds is 6. The van der Waals surface area contributed by atoms with Crippen LogP contribution in [-0.2, 0) is 11.3 Å². The number of likely N-dealkylation sites (N-methyl/N-ethyl adjacent to an activating group) is 1. The molecule has 0 aliphatic heterocycles. The van der Waals surface area contributed by atoms with Crippen LogP contribution >= 0.6 is 0 Å². The van der Waals surface area contributed by atoms with Gasteiger partial charge in [0, 0.05) is 25.5 Å². The first kappa shape index (κ1) is 15.2. The molecule has 1 unspecified atom stereocenters. The standard InChI is InChI=1S/C13H22N4O2/c1-5-14-12(18)10(4)16-11-13(19)17(7-6-15-11)8-9(2)3/h6-7,9-10H,5,8H2,1-4H3,(H,14,18)(H,15,16). The molecule has 1 heterocycles. The van der Waals surface area contributed by atoms with Crippen LogP contribution in [0.2, 0.25) is 0 Å². The van der Waals surface area contributed by atoms with E-state index in [0.29, 0.717) is 19.0 Å². The molecule has 0 bridgehead atoms. The number of hydrogen-bond donors (Lipinski definition) is 2. The van der Waals surface area contributed by atoms with Crippen molar-refractivity contribution in [2.24, 2.45) is 5.92 Å². The zero-order valence-electron chi connectivity index (χ0n) is 11.9. The first-order valence-electron chi connectivity index (χ1n) is 6.55. The minimum absolute atomic E-state index is 0.150. The number of amides is 1. The van der Waals surface area contributed by atoms with Gasteiger partial charge in [0.15, 0.2) is 5.82 Å². The fraction of sp³-hybridized carbons (Fsp3) is 0.615. The van der Waals surface area contributed by atoms with E-state index in [4.69, 9.17) is 0 Å². The number of nitrogens with one attached hydrogen (secondary N) is 2. The Labute approximate surface area is 113 Å². The molecule has 1 aromatic heterocycles. The molecule has 0 spiro atoms. The maximum Gasteiger partial charge on any atom is 0.293 e. The largest absolute Gasteiger partial charge is 0.355 e. The maximum absolute atomic E-state index is 12.1. The second-order valence-electron chi connectivity index (χ2n) is 4.89. The molecule has 0 radical (unpaired) electrons.